The largest absolute Gasteiger partial charge is 0.491 e. The van der Waals surface area contributed by atoms with Crippen molar-refractivity contribution in [2.45, 2.75) is 32.9 Å². The molecule has 0 aliphatic carbocycles. The molecular formula is C17H21N3O. The maximum Gasteiger partial charge on any atom is 0.121 e. The van der Waals surface area contributed by atoms with Crippen LogP contribution < -0.4 is 10.1 Å². The quantitative estimate of drug-likeness (QED) is 0.879. The molecular weight excluding hydrogens is 262 g/mol. The second-order valence-corrected chi connectivity index (χ2v) is 5.17. The Bertz CT molecular complexity index is 640. The predicted molar refractivity (Wildman–Crippen MR) is 84.3 cm³/mol. The minimum Gasteiger partial charge on any atom is -0.491 e. The second-order valence-electron chi connectivity index (χ2n) is 5.17. The van der Waals surface area contributed by atoms with Crippen molar-refractivity contribution >= 4 is 5.69 Å². The van der Waals surface area contributed by atoms with E-state index in [0.717, 1.165) is 23.4 Å². The Morgan fingerprint density at radius 2 is 2.19 bits per heavy atom. The Hall–Kier alpha value is -2.41. The van der Waals surface area contributed by atoms with Gasteiger partial charge in [-0.05, 0) is 37.1 Å². The average molecular weight is 283 g/mol. The fourth-order valence-electron chi connectivity index (χ4n) is 2.04. The molecule has 21 heavy (non-hydrogen) atoms. The molecule has 0 fully saturated rings. The number of nitrogens with one attached hydrogen (secondary N) is 1. The number of hydrogen-bond acceptors (Lipinski definition) is 3. The first kappa shape index (κ1) is 15.0. The van der Waals surface area contributed by atoms with Gasteiger partial charge in [0, 0.05) is 31.5 Å². The van der Waals surface area contributed by atoms with Crippen LogP contribution in [0.5, 0.6) is 5.75 Å². The maximum absolute atomic E-state index is 8.95. The summed E-state index contributed by atoms with van der Waals surface area (Å²) in [6, 6.07) is 12.0. The summed E-state index contributed by atoms with van der Waals surface area (Å²) < 4.78 is 7.64. The van der Waals surface area contributed by atoms with Gasteiger partial charge in [0.15, 0.2) is 0 Å². The van der Waals surface area contributed by atoms with E-state index in [0.29, 0.717) is 12.2 Å². The highest BCUT2D eigenvalue weighted by atomic mass is 16.5. The van der Waals surface area contributed by atoms with Crippen molar-refractivity contribution in [1.29, 1.82) is 5.26 Å². The summed E-state index contributed by atoms with van der Waals surface area (Å²) in [6.07, 6.45) is 3.16. The molecule has 0 radical (unpaired) electrons. The topological polar surface area (TPSA) is 50.0 Å². The van der Waals surface area contributed by atoms with Crippen LogP contribution in [0.2, 0.25) is 0 Å². The highest BCUT2D eigenvalue weighted by Gasteiger charge is 2.04. The van der Waals surface area contributed by atoms with Crippen molar-refractivity contribution < 1.29 is 4.74 Å². The molecule has 0 saturated carbocycles. The van der Waals surface area contributed by atoms with E-state index >= 15 is 0 Å². The Kier molecular flexibility index (Phi) is 4.89. The highest BCUT2D eigenvalue weighted by molar-refractivity contribution is 5.48. The summed E-state index contributed by atoms with van der Waals surface area (Å²) in [5.41, 5.74) is 2.76. The van der Waals surface area contributed by atoms with Crippen molar-refractivity contribution in [3.8, 4) is 11.8 Å². The maximum atomic E-state index is 8.95. The van der Waals surface area contributed by atoms with Crippen molar-refractivity contribution in [3.63, 3.8) is 0 Å². The zero-order valence-corrected chi connectivity index (χ0v) is 12.8. The van der Waals surface area contributed by atoms with Gasteiger partial charge in [-0.3, -0.25) is 0 Å². The second kappa shape index (κ2) is 6.85. The fraction of sp³-hybridized carbons (Fsp3) is 0.353. The van der Waals surface area contributed by atoms with Crippen molar-refractivity contribution in [2.75, 3.05) is 5.32 Å². The van der Waals surface area contributed by atoms with Gasteiger partial charge in [-0.15, -0.1) is 0 Å². The lowest BCUT2D eigenvalue weighted by Gasteiger charge is -2.13. The molecule has 1 aromatic carbocycles. The van der Waals surface area contributed by atoms with Gasteiger partial charge in [0.1, 0.15) is 17.5 Å². The smallest absolute Gasteiger partial charge is 0.121 e. The molecule has 0 aliphatic heterocycles. The van der Waals surface area contributed by atoms with Gasteiger partial charge in [-0.25, -0.2) is 0 Å². The van der Waals surface area contributed by atoms with Crippen LogP contribution >= 0.6 is 0 Å². The van der Waals surface area contributed by atoms with Crippen LogP contribution in [0.1, 0.15) is 31.5 Å². The number of ether oxygens (including phenoxy) is 1. The highest BCUT2D eigenvalue weighted by Crippen LogP contribution is 2.20. The Morgan fingerprint density at radius 3 is 2.86 bits per heavy atom. The molecule has 2 aromatic rings. The van der Waals surface area contributed by atoms with Crippen molar-refractivity contribution in [2.24, 2.45) is 7.05 Å². The molecule has 0 bridgehead atoms. The van der Waals surface area contributed by atoms with E-state index < -0.39 is 0 Å². The number of hydrogen-bond donors (Lipinski definition) is 1. The summed E-state index contributed by atoms with van der Waals surface area (Å²) >= 11 is 0. The summed E-state index contributed by atoms with van der Waals surface area (Å²) in [6.45, 7) is 4.85. The minimum absolute atomic E-state index is 0.215. The average Bonchev–Trinajstić information content (AvgIpc) is 2.85. The van der Waals surface area contributed by atoms with E-state index in [1.165, 1.54) is 0 Å². The van der Waals surface area contributed by atoms with E-state index in [1.807, 2.05) is 48.1 Å². The number of aromatic nitrogens is 1. The van der Waals surface area contributed by atoms with Crippen molar-refractivity contribution in [1.82, 2.24) is 4.57 Å². The number of aryl methyl sites for hydroxylation is 1. The standard InChI is InChI=1S/C17H21N3O/c1-4-13(2)21-17-7-5-6-15(9-17)19-11-14-8-16(10-18)20(3)12-14/h5-9,12-13,19H,4,11H2,1-3H3. The number of rotatable bonds is 6. The number of benzene rings is 1. The first-order valence-corrected chi connectivity index (χ1v) is 7.18. The van der Waals surface area contributed by atoms with E-state index in [1.54, 1.807) is 0 Å². The Morgan fingerprint density at radius 1 is 1.38 bits per heavy atom. The molecule has 1 unspecified atom stereocenters. The lowest BCUT2D eigenvalue weighted by molar-refractivity contribution is 0.217. The molecule has 0 spiro atoms. The first-order chi connectivity index (χ1) is 10.1. The monoisotopic (exact) mass is 283 g/mol. The van der Waals surface area contributed by atoms with Gasteiger partial charge < -0.3 is 14.6 Å². The predicted octanol–water partition coefficient (Wildman–Crippen LogP) is 3.69. The molecule has 110 valence electrons. The minimum atomic E-state index is 0.215. The van der Waals surface area contributed by atoms with E-state index in [2.05, 4.69) is 25.2 Å². The van der Waals surface area contributed by atoms with Crippen LogP contribution in [0.25, 0.3) is 0 Å². The number of anilines is 1. The lowest BCUT2D eigenvalue weighted by Crippen LogP contribution is -2.09. The van der Waals surface area contributed by atoms with Gasteiger partial charge in [-0.1, -0.05) is 13.0 Å². The Labute approximate surface area is 126 Å². The molecule has 0 amide bonds. The van der Waals surface area contributed by atoms with Crippen LogP contribution in [0.3, 0.4) is 0 Å². The van der Waals surface area contributed by atoms with Gasteiger partial charge >= 0.3 is 0 Å². The zero-order chi connectivity index (χ0) is 15.2. The van der Waals surface area contributed by atoms with Crippen molar-refractivity contribution in [3.05, 3.63) is 47.8 Å². The first-order valence-electron chi connectivity index (χ1n) is 7.18. The molecule has 0 saturated heterocycles. The van der Waals surface area contributed by atoms with Gasteiger partial charge in [0.25, 0.3) is 0 Å². The number of nitriles is 1. The molecule has 1 heterocycles. The van der Waals surface area contributed by atoms with E-state index in [-0.39, 0.29) is 6.10 Å². The normalized spacial score (nSPS) is 11.7. The summed E-state index contributed by atoms with van der Waals surface area (Å²) in [4.78, 5) is 0. The summed E-state index contributed by atoms with van der Waals surface area (Å²) in [5, 5.41) is 12.3. The molecule has 1 atom stereocenters. The van der Waals surface area contributed by atoms with Crippen LogP contribution in [0.4, 0.5) is 5.69 Å². The molecule has 2 rings (SSSR count). The molecule has 1 N–H and O–H groups in total. The lowest BCUT2D eigenvalue weighted by atomic mass is 10.2. The SMILES string of the molecule is CCC(C)Oc1cccc(NCc2cc(C#N)n(C)c2)c1. The van der Waals surface area contributed by atoms with Crippen LogP contribution in [0, 0.1) is 11.3 Å². The van der Waals surface area contributed by atoms with E-state index in [4.69, 9.17) is 10.00 Å². The van der Waals surface area contributed by atoms with Crippen LogP contribution in [-0.4, -0.2) is 10.7 Å². The van der Waals surface area contributed by atoms with Gasteiger partial charge in [-0.2, -0.15) is 5.26 Å². The van der Waals surface area contributed by atoms with E-state index in [9.17, 15) is 0 Å². The molecule has 1 aromatic heterocycles. The Balaban J connectivity index is 1.99. The summed E-state index contributed by atoms with van der Waals surface area (Å²) in [7, 11) is 1.88. The molecule has 4 nitrogen and oxygen atoms in total. The fourth-order valence-corrected chi connectivity index (χ4v) is 2.04. The molecule has 0 aliphatic rings. The third kappa shape index (κ3) is 4.03. The zero-order valence-electron chi connectivity index (χ0n) is 12.8. The summed E-state index contributed by atoms with van der Waals surface area (Å²) in [5.74, 6) is 0.875. The molecule has 4 heteroatoms. The third-order valence-corrected chi connectivity index (χ3v) is 3.42. The number of nitrogens with zero attached hydrogens (tertiary/aromatic N) is 2. The van der Waals surface area contributed by atoms with Gasteiger partial charge in [0.2, 0.25) is 0 Å². The van der Waals surface area contributed by atoms with Crippen LogP contribution in [0.15, 0.2) is 36.5 Å². The third-order valence-electron chi connectivity index (χ3n) is 3.42. The van der Waals surface area contributed by atoms with Crippen LogP contribution in [-0.2, 0) is 13.6 Å². The van der Waals surface area contributed by atoms with Gasteiger partial charge in [0.05, 0.1) is 6.10 Å².